The Morgan fingerprint density at radius 1 is 1.24 bits per heavy atom. The van der Waals surface area contributed by atoms with Crippen LogP contribution in [-0.4, -0.2) is 13.1 Å². The van der Waals surface area contributed by atoms with Crippen molar-refractivity contribution in [1.29, 1.82) is 0 Å². The SMILES string of the molecule is CC.CC.COC(=O)c1cc(C)c(Cl)cc1N. The molecule has 2 N–H and O–H groups in total. The number of esters is 1. The van der Waals surface area contributed by atoms with Crippen LogP contribution >= 0.6 is 11.6 Å². The molecule has 0 aliphatic carbocycles. The van der Waals surface area contributed by atoms with E-state index in [0.717, 1.165) is 5.56 Å². The second-order valence-corrected chi connectivity index (χ2v) is 3.09. The Hall–Kier alpha value is -1.22. The first-order chi connectivity index (χ1) is 8.06. The molecule has 1 aromatic carbocycles. The van der Waals surface area contributed by atoms with Crippen molar-refractivity contribution in [3.05, 3.63) is 28.3 Å². The molecule has 3 nitrogen and oxygen atoms in total. The predicted octanol–water partition coefficient (Wildman–Crippen LogP) is 4.07. The Morgan fingerprint density at radius 3 is 2.12 bits per heavy atom. The molecule has 0 radical (unpaired) electrons. The normalized spacial score (nSPS) is 8.18. The van der Waals surface area contributed by atoms with Gasteiger partial charge in [-0.1, -0.05) is 39.3 Å². The molecule has 0 bridgehead atoms. The summed E-state index contributed by atoms with van der Waals surface area (Å²) in [5.41, 5.74) is 7.07. The predicted molar refractivity (Wildman–Crippen MR) is 74.6 cm³/mol. The zero-order chi connectivity index (χ0) is 14.0. The Kier molecular flexibility index (Phi) is 10.6. The standard InChI is InChI=1S/C9H10ClNO2.2C2H6/c1-5-3-6(9(12)13-2)8(11)4-7(5)10;2*1-2/h3-4H,11H2,1-2H3;2*1-2H3. The van der Waals surface area contributed by atoms with Gasteiger partial charge in [0.25, 0.3) is 0 Å². The number of anilines is 1. The van der Waals surface area contributed by atoms with Crippen molar-refractivity contribution >= 4 is 23.3 Å². The Bertz CT molecular complexity index is 352. The second-order valence-electron chi connectivity index (χ2n) is 2.68. The highest BCUT2D eigenvalue weighted by Crippen LogP contribution is 2.22. The van der Waals surface area contributed by atoms with E-state index < -0.39 is 5.97 Å². The van der Waals surface area contributed by atoms with E-state index in [1.165, 1.54) is 7.11 Å². The molecule has 0 aromatic heterocycles. The highest BCUT2D eigenvalue weighted by Gasteiger charge is 2.11. The highest BCUT2D eigenvalue weighted by atomic mass is 35.5. The van der Waals surface area contributed by atoms with Crippen molar-refractivity contribution < 1.29 is 9.53 Å². The van der Waals surface area contributed by atoms with Crippen molar-refractivity contribution in [2.45, 2.75) is 34.6 Å². The van der Waals surface area contributed by atoms with E-state index in [4.69, 9.17) is 17.3 Å². The largest absolute Gasteiger partial charge is 0.465 e. The van der Waals surface area contributed by atoms with Crippen molar-refractivity contribution in [3.63, 3.8) is 0 Å². The number of halogens is 1. The molecular formula is C13H22ClNO2. The van der Waals surface area contributed by atoms with E-state index in [9.17, 15) is 4.79 Å². The van der Waals surface area contributed by atoms with Crippen molar-refractivity contribution in [3.8, 4) is 0 Å². The Labute approximate surface area is 109 Å². The molecule has 0 saturated carbocycles. The summed E-state index contributed by atoms with van der Waals surface area (Å²) in [6.07, 6.45) is 0. The summed E-state index contributed by atoms with van der Waals surface area (Å²) in [7, 11) is 1.31. The lowest BCUT2D eigenvalue weighted by Gasteiger charge is -2.05. The number of carbonyl (C=O) groups is 1. The highest BCUT2D eigenvalue weighted by molar-refractivity contribution is 6.31. The van der Waals surface area contributed by atoms with Crippen LogP contribution in [0.15, 0.2) is 12.1 Å². The lowest BCUT2D eigenvalue weighted by atomic mass is 10.1. The number of methoxy groups -OCH3 is 1. The molecule has 0 unspecified atom stereocenters. The van der Waals surface area contributed by atoms with Crippen molar-refractivity contribution in [2.75, 3.05) is 12.8 Å². The molecule has 0 atom stereocenters. The summed E-state index contributed by atoms with van der Waals surface area (Å²) in [6.45, 7) is 9.80. The summed E-state index contributed by atoms with van der Waals surface area (Å²) in [4.78, 5) is 11.2. The van der Waals surface area contributed by atoms with Gasteiger partial charge in [-0.25, -0.2) is 4.79 Å². The van der Waals surface area contributed by atoms with Crippen molar-refractivity contribution in [2.24, 2.45) is 0 Å². The minimum Gasteiger partial charge on any atom is -0.465 e. The average Bonchev–Trinajstić information content (AvgIpc) is 2.37. The molecule has 4 heteroatoms. The first kappa shape index (κ1) is 18.2. The van der Waals surface area contributed by atoms with E-state index in [1.807, 2.05) is 27.7 Å². The summed E-state index contributed by atoms with van der Waals surface area (Å²) in [5, 5.41) is 0.546. The van der Waals surface area contributed by atoms with Crippen LogP contribution in [-0.2, 0) is 4.74 Å². The van der Waals surface area contributed by atoms with Crippen LogP contribution in [0.25, 0.3) is 0 Å². The maximum absolute atomic E-state index is 11.2. The average molecular weight is 260 g/mol. The van der Waals surface area contributed by atoms with Gasteiger partial charge in [-0.2, -0.15) is 0 Å². The van der Waals surface area contributed by atoms with Gasteiger partial charge in [-0.05, 0) is 24.6 Å². The fourth-order valence-electron chi connectivity index (χ4n) is 0.984. The van der Waals surface area contributed by atoms with Gasteiger partial charge in [0, 0.05) is 10.7 Å². The number of hydrogen-bond donors (Lipinski definition) is 1. The van der Waals surface area contributed by atoms with Crippen LogP contribution in [0.4, 0.5) is 5.69 Å². The third-order valence-corrected chi connectivity index (χ3v) is 2.14. The monoisotopic (exact) mass is 259 g/mol. The van der Waals surface area contributed by atoms with E-state index in [2.05, 4.69) is 4.74 Å². The van der Waals surface area contributed by atoms with Crippen LogP contribution in [0, 0.1) is 6.92 Å². The molecule has 0 spiro atoms. The third kappa shape index (κ3) is 5.59. The van der Waals surface area contributed by atoms with Gasteiger partial charge in [-0.15, -0.1) is 0 Å². The lowest BCUT2D eigenvalue weighted by Crippen LogP contribution is -2.05. The molecule has 0 aliphatic heterocycles. The first-order valence-corrected chi connectivity index (χ1v) is 6.08. The summed E-state index contributed by atoms with van der Waals surface area (Å²) >= 11 is 5.80. The summed E-state index contributed by atoms with van der Waals surface area (Å²) < 4.78 is 4.55. The number of carbonyl (C=O) groups excluding carboxylic acids is 1. The first-order valence-electron chi connectivity index (χ1n) is 5.70. The van der Waals surface area contributed by atoms with Gasteiger partial charge >= 0.3 is 5.97 Å². The number of nitrogens with two attached hydrogens (primary N) is 1. The minimum absolute atomic E-state index is 0.336. The third-order valence-electron chi connectivity index (χ3n) is 1.74. The molecule has 1 rings (SSSR count). The van der Waals surface area contributed by atoms with Crippen LogP contribution in [0.2, 0.25) is 5.02 Å². The van der Waals surface area contributed by atoms with E-state index in [-0.39, 0.29) is 0 Å². The zero-order valence-corrected chi connectivity index (χ0v) is 12.2. The van der Waals surface area contributed by atoms with Crippen LogP contribution in [0.5, 0.6) is 0 Å². The maximum atomic E-state index is 11.2. The van der Waals surface area contributed by atoms with E-state index >= 15 is 0 Å². The van der Waals surface area contributed by atoms with Crippen molar-refractivity contribution in [1.82, 2.24) is 0 Å². The van der Waals surface area contributed by atoms with Gasteiger partial charge in [-0.3, -0.25) is 0 Å². The van der Waals surface area contributed by atoms with Crippen LogP contribution in [0.3, 0.4) is 0 Å². The van der Waals surface area contributed by atoms with Crippen LogP contribution in [0.1, 0.15) is 43.6 Å². The molecule has 0 aliphatic rings. The fourth-order valence-corrected chi connectivity index (χ4v) is 1.16. The number of ether oxygens (including phenoxy) is 1. The van der Waals surface area contributed by atoms with Crippen LogP contribution < -0.4 is 5.73 Å². The Balaban J connectivity index is 0. The molecule has 0 amide bonds. The molecule has 0 saturated heterocycles. The zero-order valence-electron chi connectivity index (χ0n) is 11.4. The maximum Gasteiger partial charge on any atom is 0.339 e. The Morgan fingerprint density at radius 2 is 1.71 bits per heavy atom. The molecule has 0 fully saturated rings. The quantitative estimate of drug-likeness (QED) is 0.611. The van der Waals surface area contributed by atoms with Gasteiger partial charge in [0.05, 0.1) is 12.7 Å². The summed E-state index contributed by atoms with van der Waals surface area (Å²) in [5.74, 6) is -0.447. The molecule has 17 heavy (non-hydrogen) atoms. The summed E-state index contributed by atoms with van der Waals surface area (Å²) in [6, 6.07) is 3.16. The number of rotatable bonds is 1. The number of hydrogen-bond acceptors (Lipinski definition) is 3. The van der Waals surface area contributed by atoms with E-state index in [0.29, 0.717) is 16.3 Å². The number of benzene rings is 1. The van der Waals surface area contributed by atoms with E-state index in [1.54, 1.807) is 19.1 Å². The second kappa shape index (κ2) is 9.97. The van der Waals surface area contributed by atoms with Gasteiger partial charge < -0.3 is 10.5 Å². The molecule has 1 aromatic rings. The number of aryl methyl sites for hydroxylation is 1. The van der Waals surface area contributed by atoms with Gasteiger partial charge in [0.15, 0.2) is 0 Å². The number of nitrogen functional groups attached to an aromatic ring is 1. The van der Waals surface area contributed by atoms with Gasteiger partial charge in [0.2, 0.25) is 0 Å². The molecule has 98 valence electrons. The fraction of sp³-hybridized carbons (Fsp3) is 0.462. The topological polar surface area (TPSA) is 52.3 Å². The van der Waals surface area contributed by atoms with Gasteiger partial charge in [0.1, 0.15) is 0 Å². The molecule has 0 heterocycles. The smallest absolute Gasteiger partial charge is 0.339 e. The molecular weight excluding hydrogens is 238 g/mol. The lowest BCUT2D eigenvalue weighted by molar-refractivity contribution is 0.0602. The minimum atomic E-state index is -0.447.